The van der Waals surface area contributed by atoms with E-state index < -0.39 is 0 Å². The van der Waals surface area contributed by atoms with Gasteiger partial charge in [-0.15, -0.1) is 0 Å². The zero-order valence-corrected chi connectivity index (χ0v) is 12.7. The quantitative estimate of drug-likeness (QED) is 0.846. The zero-order chi connectivity index (χ0) is 14.5. The van der Waals surface area contributed by atoms with Crippen molar-refractivity contribution < 1.29 is 9.15 Å². The average molecular weight is 295 g/mol. The lowest BCUT2D eigenvalue weighted by molar-refractivity contribution is 0.0807. The van der Waals surface area contributed by atoms with Crippen molar-refractivity contribution in [3.8, 4) is 0 Å². The predicted molar refractivity (Wildman–Crippen MR) is 85.0 cm³/mol. The van der Waals surface area contributed by atoms with Gasteiger partial charge in [-0.1, -0.05) is 12.1 Å². The van der Waals surface area contributed by atoms with Crippen LogP contribution in [0.4, 0.5) is 5.69 Å². The molecule has 1 aliphatic carbocycles. The fourth-order valence-corrected chi connectivity index (χ4v) is 4.53. The van der Waals surface area contributed by atoms with E-state index >= 15 is 0 Å². The molecule has 3 heteroatoms. The maximum absolute atomic E-state index is 6.12. The Labute approximate surface area is 130 Å². The minimum atomic E-state index is 0.221. The molecule has 2 aromatic rings. The highest BCUT2D eigenvalue weighted by Crippen LogP contribution is 2.51. The van der Waals surface area contributed by atoms with E-state index in [1.165, 1.54) is 48.1 Å². The van der Waals surface area contributed by atoms with Gasteiger partial charge >= 0.3 is 0 Å². The molecule has 3 nitrogen and oxygen atoms in total. The van der Waals surface area contributed by atoms with Crippen molar-refractivity contribution in [2.45, 2.75) is 44.2 Å². The van der Waals surface area contributed by atoms with E-state index in [9.17, 15) is 0 Å². The third-order valence-electron chi connectivity index (χ3n) is 5.59. The van der Waals surface area contributed by atoms with Gasteiger partial charge in [-0.2, -0.15) is 0 Å². The maximum Gasteiger partial charge on any atom is 0.126 e. The fraction of sp³-hybridized carbons (Fsp3) is 0.474. The molecule has 1 aromatic carbocycles. The van der Waals surface area contributed by atoms with E-state index in [0.29, 0.717) is 5.92 Å². The third kappa shape index (κ3) is 1.78. The Morgan fingerprint density at radius 3 is 2.95 bits per heavy atom. The monoisotopic (exact) mass is 295 g/mol. The molecule has 1 aromatic heterocycles. The number of aryl methyl sites for hydroxylation is 1. The highest BCUT2D eigenvalue weighted by Gasteiger charge is 2.43. The van der Waals surface area contributed by atoms with Crippen molar-refractivity contribution in [2.75, 3.05) is 11.9 Å². The van der Waals surface area contributed by atoms with E-state index in [-0.39, 0.29) is 12.1 Å². The largest absolute Gasteiger partial charge is 0.467 e. The normalized spacial score (nSPS) is 29.4. The van der Waals surface area contributed by atoms with E-state index in [1.54, 1.807) is 6.26 Å². The maximum atomic E-state index is 6.12. The highest BCUT2D eigenvalue weighted by atomic mass is 16.5. The van der Waals surface area contributed by atoms with Gasteiger partial charge in [-0.25, -0.2) is 0 Å². The summed E-state index contributed by atoms with van der Waals surface area (Å²) < 4.78 is 11.8. The van der Waals surface area contributed by atoms with Crippen LogP contribution in [0, 0.1) is 5.92 Å². The molecule has 0 spiro atoms. The van der Waals surface area contributed by atoms with E-state index in [0.717, 1.165) is 18.8 Å². The minimum Gasteiger partial charge on any atom is -0.467 e. The van der Waals surface area contributed by atoms with Crippen molar-refractivity contribution >= 4 is 5.69 Å². The Balaban J connectivity index is 1.65. The lowest BCUT2D eigenvalue weighted by atomic mass is 9.79. The van der Waals surface area contributed by atoms with Gasteiger partial charge < -0.3 is 14.5 Å². The summed E-state index contributed by atoms with van der Waals surface area (Å²) in [5.74, 6) is 1.51. The van der Waals surface area contributed by atoms with Gasteiger partial charge in [-0.05, 0) is 55.4 Å². The fourth-order valence-electron chi connectivity index (χ4n) is 4.53. The summed E-state index contributed by atoms with van der Waals surface area (Å²) in [6, 6.07) is 8.95. The second-order valence-electron chi connectivity index (χ2n) is 6.76. The van der Waals surface area contributed by atoms with Crippen LogP contribution in [0.15, 0.2) is 34.9 Å². The molecule has 0 bridgehead atoms. The minimum absolute atomic E-state index is 0.221. The van der Waals surface area contributed by atoms with Crippen LogP contribution in [0.3, 0.4) is 0 Å². The Hall–Kier alpha value is -1.74. The topological polar surface area (TPSA) is 34.4 Å². The Morgan fingerprint density at radius 1 is 1.09 bits per heavy atom. The van der Waals surface area contributed by atoms with Crippen LogP contribution in [0.5, 0.6) is 0 Å². The lowest BCUT2D eigenvalue weighted by Crippen LogP contribution is -2.30. The molecule has 3 aliphatic rings. The van der Waals surface area contributed by atoms with Crippen LogP contribution in [0.1, 0.15) is 53.9 Å². The molecule has 1 saturated heterocycles. The Morgan fingerprint density at radius 2 is 2.05 bits per heavy atom. The molecule has 114 valence electrons. The van der Waals surface area contributed by atoms with Crippen LogP contribution in [-0.2, 0) is 17.6 Å². The van der Waals surface area contributed by atoms with E-state index in [1.807, 2.05) is 6.07 Å². The van der Waals surface area contributed by atoms with Crippen LogP contribution >= 0.6 is 0 Å². The summed E-state index contributed by atoms with van der Waals surface area (Å²) >= 11 is 0. The zero-order valence-electron chi connectivity index (χ0n) is 12.7. The first kappa shape index (κ1) is 12.8. The summed E-state index contributed by atoms with van der Waals surface area (Å²) in [4.78, 5) is 0. The van der Waals surface area contributed by atoms with Gasteiger partial charge in [0.2, 0.25) is 0 Å². The molecule has 0 unspecified atom stereocenters. The molecule has 22 heavy (non-hydrogen) atoms. The summed E-state index contributed by atoms with van der Waals surface area (Å²) in [6.45, 7) is 0.852. The first-order valence-corrected chi connectivity index (χ1v) is 8.48. The van der Waals surface area contributed by atoms with Crippen molar-refractivity contribution in [2.24, 2.45) is 5.92 Å². The molecule has 0 saturated carbocycles. The summed E-state index contributed by atoms with van der Waals surface area (Å²) in [5.41, 5.74) is 5.74. The molecular formula is C19H21NO2. The number of rotatable bonds is 1. The van der Waals surface area contributed by atoms with Gasteiger partial charge in [0.1, 0.15) is 5.76 Å². The number of nitrogens with one attached hydrogen (secondary N) is 1. The number of anilines is 1. The molecule has 3 atom stereocenters. The number of furan rings is 1. The number of ether oxygens (including phenoxy) is 1. The first-order valence-electron chi connectivity index (χ1n) is 8.48. The van der Waals surface area contributed by atoms with E-state index in [4.69, 9.17) is 9.15 Å². The smallest absolute Gasteiger partial charge is 0.126 e. The molecular weight excluding hydrogens is 274 g/mol. The summed E-state index contributed by atoms with van der Waals surface area (Å²) in [5, 5.41) is 3.83. The molecule has 3 heterocycles. The van der Waals surface area contributed by atoms with Crippen molar-refractivity contribution in [3.63, 3.8) is 0 Å². The van der Waals surface area contributed by atoms with E-state index in [2.05, 4.69) is 23.5 Å². The average Bonchev–Trinajstić information content (AvgIpc) is 3.25. The molecule has 5 rings (SSSR count). The van der Waals surface area contributed by atoms with Gasteiger partial charge in [0.15, 0.2) is 0 Å². The Bertz CT molecular complexity index is 692. The number of hydrogen-bond donors (Lipinski definition) is 1. The second kappa shape index (κ2) is 4.88. The Kier molecular flexibility index (Phi) is 2.83. The van der Waals surface area contributed by atoms with Gasteiger partial charge in [0.05, 0.1) is 18.4 Å². The van der Waals surface area contributed by atoms with Crippen molar-refractivity contribution in [3.05, 3.63) is 53.0 Å². The van der Waals surface area contributed by atoms with Crippen LogP contribution in [0.25, 0.3) is 0 Å². The van der Waals surface area contributed by atoms with Gasteiger partial charge in [0.25, 0.3) is 0 Å². The van der Waals surface area contributed by atoms with Crippen molar-refractivity contribution in [1.29, 1.82) is 0 Å². The van der Waals surface area contributed by atoms with Gasteiger partial charge in [0, 0.05) is 23.8 Å². The first-order chi connectivity index (χ1) is 10.9. The number of benzene rings is 1. The number of fused-ring (bicyclic) bond motifs is 5. The molecule has 0 radical (unpaired) electrons. The third-order valence-corrected chi connectivity index (χ3v) is 5.59. The lowest BCUT2D eigenvalue weighted by Gasteiger charge is -2.37. The predicted octanol–water partition coefficient (Wildman–Crippen LogP) is 4.40. The van der Waals surface area contributed by atoms with Gasteiger partial charge in [-0.3, -0.25) is 0 Å². The number of hydrogen-bond acceptors (Lipinski definition) is 3. The molecule has 1 N–H and O–H groups in total. The molecule has 0 amide bonds. The highest BCUT2D eigenvalue weighted by molar-refractivity contribution is 5.65. The van der Waals surface area contributed by atoms with Crippen molar-refractivity contribution in [1.82, 2.24) is 0 Å². The summed E-state index contributed by atoms with van der Waals surface area (Å²) in [6.07, 6.45) is 8.11. The standard InChI is InChI=1S/C19H21NO2/c1-2-5-13-12(4-1)7-8-14-17(13)20-18(16-6-3-10-21-16)15-9-11-22-19(14)15/h3,6-8,10,15,18-20H,1-2,4-5,9,11H2/t15-,18-,19+/m1/s1. The second-order valence-corrected chi connectivity index (χ2v) is 6.76. The molecule has 1 fully saturated rings. The summed E-state index contributed by atoms with van der Waals surface area (Å²) in [7, 11) is 0. The SMILES string of the molecule is c1coc([C@@H]2Nc3c(ccc4c3CCCC4)[C@@H]3OCC[C@H]23)c1. The van der Waals surface area contributed by atoms with Crippen LogP contribution < -0.4 is 5.32 Å². The molecule has 2 aliphatic heterocycles. The van der Waals surface area contributed by atoms with Crippen LogP contribution in [-0.4, -0.2) is 6.61 Å². The van der Waals surface area contributed by atoms with Crippen LogP contribution in [0.2, 0.25) is 0 Å².